The number of benzene rings is 1. The topological polar surface area (TPSA) is 74.2 Å². The molecule has 1 N–H and O–H groups in total. The standard InChI is InChI=1S/C20H26O6/c21-15-8-4-7-14(15)9-18(22)26-17-12-25-19-16(11-24-20(17)19)23-10-13-5-2-1-3-6-13/h1-3,5-6,14-17,19-21H,4,7-12H2/t14-,15+,16-,17-,19-,20-/m1/s1. The first kappa shape index (κ1) is 17.9. The molecule has 0 bridgehead atoms. The van der Waals surface area contributed by atoms with Gasteiger partial charge >= 0.3 is 5.97 Å². The summed E-state index contributed by atoms with van der Waals surface area (Å²) in [5.74, 6) is -0.255. The average Bonchev–Trinajstić information content (AvgIpc) is 3.33. The lowest BCUT2D eigenvalue weighted by molar-refractivity contribution is -0.155. The molecule has 1 aromatic rings. The lowest BCUT2D eigenvalue weighted by Crippen LogP contribution is -2.35. The van der Waals surface area contributed by atoms with E-state index in [0.29, 0.717) is 19.8 Å². The van der Waals surface area contributed by atoms with Gasteiger partial charge in [-0.1, -0.05) is 36.8 Å². The number of fused-ring (bicyclic) bond motifs is 1. The molecule has 1 saturated carbocycles. The van der Waals surface area contributed by atoms with E-state index >= 15 is 0 Å². The summed E-state index contributed by atoms with van der Waals surface area (Å²) in [6, 6.07) is 9.97. The number of esters is 1. The summed E-state index contributed by atoms with van der Waals surface area (Å²) in [4.78, 5) is 12.2. The van der Waals surface area contributed by atoms with E-state index in [-0.39, 0.29) is 42.7 Å². The summed E-state index contributed by atoms with van der Waals surface area (Å²) in [6.07, 6.45) is 1.50. The van der Waals surface area contributed by atoms with E-state index in [1.165, 1.54) is 0 Å². The van der Waals surface area contributed by atoms with Gasteiger partial charge in [0.25, 0.3) is 0 Å². The number of ether oxygens (including phenoxy) is 4. The van der Waals surface area contributed by atoms with Crippen molar-refractivity contribution in [3.63, 3.8) is 0 Å². The van der Waals surface area contributed by atoms with Crippen LogP contribution in [-0.4, -0.2) is 54.8 Å². The Morgan fingerprint density at radius 1 is 1.08 bits per heavy atom. The zero-order valence-electron chi connectivity index (χ0n) is 14.8. The molecule has 0 amide bonds. The fourth-order valence-electron chi connectivity index (χ4n) is 4.14. The molecule has 3 aliphatic rings. The lowest BCUT2D eigenvalue weighted by Gasteiger charge is -2.19. The fourth-order valence-corrected chi connectivity index (χ4v) is 4.14. The second-order valence-electron chi connectivity index (χ2n) is 7.42. The molecular weight excluding hydrogens is 336 g/mol. The molecule has 6 atom stereocenters. The molecule has 0 aromatic heterocycles. The smallest absolute Gasteiger partial charge is 0.306 e. The van der Waals surface area contributed by atoms with Gasteiger partial charge in [-0.3, -0.25) is 4.79 Å². The molecule has 2 saturated heterocycles. The van der Waals surface area contributed by atoms with Gasteiger partial charge in [0.1, 0.15) is 18.3 Å². The second kappa shape index (κ2) is 8.05. The number of carbonyl (C=O) groups is 1. The Bertz CT molecular complexity index is 606. The molecule has 1 aliphatic carbocycles. The van der Waals surface area contributed by atoms with Crippen molar-refractivity contribution in [3.05, 3.63) is 35.9 Å². The van der Waals surface area contributed by atoms with Crippen molar-refractivity contribution in [2.75, 3.05) is 13.2 Å². The predicted octanol–water partition coefficient (Wildman–Crippen LogP) is 1.83. The first-order valence-electron chi connectivity index (χ1n) is 9.47. The van der Waals surface area contributed by atoms with E-state index in [2.05, 4.69) is 0 Å². The molecular formula is C20H26O6. The van der Waals surface area contributed by atoms with Gasteiger partial charge in [-0.15, -0.1) is 0 Å². The zero-order valence-corrected chi connectivity index (χ0v) is 14.8. The van der Waals surface area contributed by atoms with Crippen molar-refractivity contribution in [1.29, 1.82) is 0 Å². The van der Waals surface area contributed by atoms with Crippen molar-refractivity contribution in [2.45, 2.75) is 62.8 Å². The fraction of sp³-hybridized carbons (Fsp3) is 0.650. The van der Waals surface area contributed by atoms with Crippen LogP contribution < -0.4 is 0 Å². The number of aliphatic hydroxyl groups excluding tert-OH is 1. The molecule has 0 spiro atoms. The zero-order chi connectivity index (χ0) is 17.9. The molecule has 4 rings (SSSR count). The molecule has 26 heavy (non-hydrogen) atoms. The van der Waals surface area contributed by atoms with Crippen LogP contribution in [0, 0.1) is 5.92 Å². The molecule has 2 heterocycles. The minimum atomic E-state index is -0.392. The van der Waals surface area contributed by atoms with E-state index in [4.69, 9.17) is 18.9 Å². The van der Waals surface area contributed by atoms with Crippen molar-refractivity contribution in [2.24, 2.45) is 5.92 Å². The molecule has 0 unspecified atom stereocenters. The van der Waals surface area contributed by atoms with E-state index in [0.717, 1.165) is 24.8 Å². The Kier molecular flexibility index (Phi) is 5.55. The third-order valence-electron chi connectivity index (χ3n) is 5.60. The molecule has 6 nitrogen and oxygen atoms in total. The first-order valence-corrected chi connectivity index (χ1v) is 9.47. The van der Waals surface area contributed by atoms with Crippen LogP contribution in [0.25, 0.3) is 0 Å². The van der Waals surface area contributed by atoms with Gasteiger partial charge in [0.2, 0.25) is 0 Å². The van der Waals surface area contributed by atoms with E-state index < -0.39 is 6.10 Å². The number of carbonyl (C=O) groups excluding carboxylic acids is 1. The summed E-state index contributed by atoms with van der Waals surface area (Å²) in [7, 11) is 0. The highest BCUT2D eigenvalue weighted by molar-refractivity contribution is 5.70. The van der Waals surface area contributed by atoms with Crippen molar-refractivity contribution >= 4 is 5.97 Å². The van der Waals surface area contributed by atoms with E-state index in [1.54, 1.807) is 0 Å². The molecule has 1 aromatic carbocycles. The molecule has 6 heteroatoms. The Hall–Kier alpha value is -1.47. The highest BCUT2D eigenvalue weighted by Gasteiger charge is 2.50. The van der Waals surface area contributed by atoms with Gasteiger partial charge in [-0.25, -0.2) is 0 Å². The maximum absolute atomic E-state index is 12.2. The van der Waals surface area contributed by atoms with Crippen LogP contribution in [0.4, 0.5) is 0 Å². The highest BCUT2D eigenvalue weighted by atomic mass is 16.7. The SMILES string of the molecule is O=C(C[C@H]1CCC[C@@H]1O)O[C@@H]1CO[C@H]2[C@@H]1OC[C@H]2OCc1ccccc1. The van der Waals surface area contributed by atoms with Crippen LogP contribution in [0.1, 0.15) is 31.2 Å². The molecule has 0 radical (unpaired) electrons. The molecule has 3 fully saturated rings. The Morgan fingerprint density at radius 2 is 1.81 bits per heavy atom. The molecule has 2 aliphatic heterocycles. The number of rotatable bonds is 6. The predicted molar refractivity (Wildman–Crippen MR) is 92.3 cm³/mol. The van der Waals surface area contributed by atoms with Crippen molar-refractivity contribution < 1.29 is 28.8 Å². The van der Waals surface area contributed by atoms with Gasteiger partial charge in [-0.2, -0.15) is 0 Å². The van der Waals surface area contributed by atoms with Gasteiger partial charge in [0.15, 0.2) is 6.10 Å². The monoisotopic (exact) mass is 362 g/mol. The van der Waals surface area contributed by atoms with Gasteiger partial charge in [0, 0.05) is 0 Å². The number of hydrogen-bond acceptors (Lipinski definition) is 6. The van der Waals surface area contributed by atoms with Crippen molar-refractivity contribution in [1.82, 2.24) is 0 Å². The van der Waals surface area contributed by atoms with Gasteiger partial charge < -0.3 is 24.1 Å². The van der Waals surface area contributed by atoms with Gasteiger partial charge in [-0.05, 0) is 24.3 Å². The third-order valence-corrected chi connectivity index (χ3v) is 5.60. The Labute approximate surface area is 153 Å². The quantitative estimate of drug-likeness (QED) is 0.779. The first-order chi connectivity index (χ1) is 12.7. The van der Waals surface area contributed by atoms with Crippen LogP contribution in [0.15, 0.2) is 30.3 Å². The summed E-state index contributed by atoms with van der Waals surface area (Å²) in [6.45, 7) is 1.28. The minimum Gasteiger partial charge on any atom is -0.457 e. The van der Waals surface area contributed by atoms with Crippen LogP contribution in [0.2, 0.25) is 0 Å². The maximum Gasteiger partial charge on any atom is 0.306 e. The third kappa shape index (κ3) is 3.93. The summed E-state index contributed by atoms with van der Waals surface area (Å²) in [5, 5.41) is 9.86. The van der Waals surface area contributed by atoms with Crippen LogP contribution in [0.3, 0.4) is 0 Å². The average molecular weight is 362 g/mol. The number of hydrogen-bond donors (Lipinski definition) is 1. The summed E-state index contributed by atoms with van der Waals surface area (Å²) >= 11 is 0. The summed E-state index contributed by atoms with van der Waals surface area (Å²) < 4.78 is 23.2. The van der Waals surface area contributed by atoms with Crippen LogP contribution >= 0.6 is 0 Å². The Morgan fingerprint density at radius 3 is 2.54 bits per heavy atom. The summed E-state index contributed by atoms with van der Waals surface area (Å²) in [5.41, 5.74) is 1.10. The molecule has 142 valence electrons. The second-order valence-corrected chi connectivity index (χ2v) is 7.42. The van der Waals surface area contributed by atoms with Crippen molar-refractivity contribution in [3.8, 4) is 0 Å². The van der Waals surface area contributed by atoms with Gasteiger partial charge in [0.05, 0.1) is 32.3 Å². The van der Waals surface area contributed by atoms with E-state index in [9.17, 15) is 9.90 Å². The van der Waals surface area contributed by atoms with E-state index in [1.807, 2.05) is 30.3 Å². The van der Waals surface area contributed by atoms with Crippen LogP contribution in [-0.2, 0) is 30.3 Å². The highest BCUT2D eigenvalue weighted by Crippen LogP contribution is 2.33. The number of aliphatic hydroxyl groups is 1. The Balaban J connectivity index is 1.26. The maximum atomic E-state index is 12.2. The lowest BCUT2D eigenvalue weighted by atomic mass is 10.0. The minimum absolute atomic E-state index is 0.0204. The normalized spacial score (nSPS) is 36.2. The largest absolute Gasteiger partial charge is 0.457 e. The van der Waals surface area contributed by atoms with Crippen LogP contribution in [0.5, 0.6) is 0 Å².